The molecular formula is C20H24ClN5O2. The van der Waals surface area contributed by atoms with Gasteiger partial charge in [-0.3, -0.25) is 15.0 Å². The molecular weight excluding hydrogens is 378 g/mol. The maximum absolute atomic E-state index is 12.7. The molecule has 7 nitrogen and oxygen atoms in total. The van der Waals surface area contributed by atoms with Crippen molar-refractivity contribution in [2.24, 2.45) is 5.73 Å². The fraction of sp³-hybridized carbons (Fsp3) is 0.300. The second-order valence-corrected chi connectivity index (χ2v) is 7.18. The normalized spacial score (nSPS) is 15.9. The summed E-state index contributed by atoms with van der Waals surface area (Å²) in [5.41, 5.74) is 8.44. The Morgan fingerprint density at radius 1 is 1.11 bits per heavy atom. The van der Waals surface area contributed by atoms with Gasteiger partial charge < -0.3 is 15.5 Å². The number of pyridine rings is 1. The van der Waals surface area contributed by atoms with E-state index in [0.717, 1.165) is 18.2 Å². The number of halogens is 1. The number of amides is 1. The third-order valence-electron chi connectivity index (χ3n) is 4.76. The summed E-state index contributed by atoms with van der Waals surface area (Å²) in [7, 11) is 2.03. The molecule has 1 saturated heterocycles. The SMILES string of the molecule is CN1CCN(C(=O)CN(O)/C(=C(\N)c2ccc(Cl)cc2)c2ccncc2)CC1. The Bertz CT molecular complexity index is 833. The summed E-state index contributed by atoms with van der Waals surface area (Å²) in [6, 6.07) is 10.5. The van der Waals surface area contributed by atoms with Gasteiger partial charge in [-0.05, 0) is 36.9 Å². The second kappa shape index (κ2) is 9.05. The quantitative estimate of drug-likeness (QED) is 0.745. The second-order valence-electron chi connectivity index (χ2n) is 6.75. The molecule has 0 radical (unpaired) electrons. The van der Waals surface area contributed by atoms with Crippen LogP contribution >= 0.6 is 11.6 Å². The molecule has 1 fully saturated rings. The number of rotatable bonds is 5. The van der Waals surface area contributed by atoms with Gasteiger partial charge in [0.15, 0.2) is 0 Å². The van der Waals surface area contributed by atoms with Crippen LogP contribution in [0, 0.1) is 0 Å². The van der Waals surface area contributed by atoms with E-state index < -0.39 is 0 Å². The molecule has 8 heteroatoms. The van der Waals surface area contributed by atoms with Gasteiger partial charge in [-0.25, -0.2) is 5.06 Å². The molecule has 2 aromatic rings. The largest absolute Gasteiger partial charge is 0.396 e. The van der Waals surface area contributed by atoms with Gasteiger partial charge in [-0.15, -0.1) is 0 Å². The number of hydrogen-bond acceptors (Lipinski definition) is 6. The third-order valence-corrected chi connectivity index (χ3v) is 5.02. The van der Waals surface area contributed by atoms with Gasteiger partial charge in [-0.1, -0.05) is 23.7 Å². The number of carbonyl (C=O) groups is 1. The first kappa shape index (κ1) is 20.1. The van der Waals surface area contributed by atoms with E-state index in [0.29, 0.717) is 40.6 Å². The zero-order valence-corrected chi connectivity index (χ0v) is 16.5. The average Bonchev–Trinajstić information content (AvgIpc) is 2.70. The number of likely N-dealkylation sites (N-methyl/N-ethyl adjacent to an activating group) is 1. The Hall–Kier alpha value is -2.61. The maximum Gasteiger partial charge on any atom is 0.244 e. The summed E-state index contributed by atoms with van der Waals surface area (Å²) in [5, 5.41) is 12.3. The molecule has 1 aliphatic rings. The molecule has 0 spiro atoms. The number of nitrogens with two attached hydrogens (primary N) is 1. The molecule has 148 valence electrons. The van der Waals surface area contributed by atoms with E-state index in [2.05, 4.69) is 9.88 Å². The van der Waals surface area contributed by atoms with Crippen LogP contribution in [-0.4, -0.2) is 70.7 Å². The van der Waals surface area contributed by atoms with Crippen LogP contribution in [0.5, 0.6) is 0 Å². The summed E-state index contributed by atoms with van der Waals surface area (Å²) < 4.78 is 0. The summed E-state index contributed by atoms with van der Waals surface area (Å²) >= 11 is 5.96. The van der Waals surface area contributed by atoms with E-state index in [1.807, 2.05) is 7.05 Å². The van der Waals surface area contributed by atoms with Gasteiger partial charge >= 0.3 is 0 Å². The highest BCUT2D eigenvalue weighted by molar-refractivity contribution is 6.30. The highest BCUT2D eigenvalue weighted by Crippen LogP contribution is 2.26. The lowest BCUT2D eigenvalue weighted by Gasteiger charge is -2.33. The predicted octanol–water partition coefficient (Wildman–Crippen LogP) is 1.98. The molecule has 0 atom stereocenters. The van der Waals surface area contributed by atoms with E-state index in [1.54, 1.807) is 53.7 Å². The summed E-state index contributed by atoms with van der Waals surface area (Å²) in [6.45, 7) is 2.73. The van der Waals surface area contributed by atoms with E-state index >= 15 is 0 Å². The molecule has 1 amide bonds. The first-order valence-electron chi connectivity index (χ1n) is 9.04. The fourth-order valence-corrected chi connectivity index (χ4v) is 3.21. The van der Waals surface area contributed by atoms with Crippen molar-refractivity contribution in [1.29, 1.82) is 0 Å². The Morgan fingerprint density at radius 3 is 2.32 bits per heavy atom. The molecule has 0 bridgehead atoms. The highest BCUT2D eigenvalue weighted by Gasteiger charge is 2.23. The van der Waals surface area contributed by atoms with Gasteiger partial charge in [0.2, 0.25) is 5.91 Å². The predicted molar refractivity (Wildman–Crippen MR) is 109 cm³/mol. The Morgan fingerprint density at radius 2 is 1.71 bits per heavy atom. The number of nitrogens with zero attached hydrogens (tertiary/aromatic N) is 4. The van der Waals surface area contributed by atoms with Crippen molar-refractivity contribution in [3.8, 4) is 0 Å². The molecule has 1 aromatic carbocycles. The van der Waals surface area contributed by atoms with Crippen molar-refractivity contribution >= 4 is 28.9 Å². The van der Waals surface area contributed by atoms with Crippen LogP contribution in [0.1, 0.15) is 11.1 Å². The number of carbonyl (C=O) groups excluding carboxylic acids is 1. The van der Waals surface area contributed by atoms with Crippen LogP contribution in [-0.2, 0) is 4.79 Å². The fourth-order valence-electron chi connectivity index (χ4n) is 3.08. The van der Waals surface area contributed by atoms with E-state index in [1.165, 1.54) is 0 Å². The lowest BCUT2D eigenvalue weighted by molar-refractivity contribution is -0.140. The number of aromatic nitrogens is 1. The molecule has 3 N–H and O–H groups in total. The first-order chi connectivity index (χ1) is 13.5. The zero-order chi connectivity index (χ0) is 20.1. The molecule has 28 heavy (non-hydrogen) atoms. The smallest absolute Gasteiger partial charge is 0.244 e. The van der Waals surface area contributed by atoms with Crippen LogP contribution in [0.4, 0.5) is 0 Å². The Kier molecular flexibility index (Phi) is 6.51. The minimum atomic E-state index is -0.185. The first-order valence-corrected chi connectivity index (χ1v) is 9.42. The average molecular weight is 402 g/mol. The van der Waals surface area contributed by atoms with Gasteiger partial charge in [0.05, 0.1) is 11.4 Å². The van der Waals surface area contributed by atoms with Crippen molar-refractivity contribution in [2.75, 3.05) is 39.8 Å². The third kappa shape index (κ3) is 4.81. The number of piperazine rings is 1. The van der Waals surface area contributed by atoms with Gasteiger partial charge in [-0.2, -0.15) is 0 Å². The lowest BCUT2D eigenvalue weighted by Crippen LogP contribution is -2.49. The number of hydroxylamine groups is 2. The molecule has 1 aliphatic heterocycles. The van der Waals surface area contributed by atoms with Crippen LogP contribution in [0.3, 0.4) is 0 Å². The zero-order valence-electron chi connectivity index (χ0n) is 15.8. The standard InChI is InChI=1S/C20H24ClN5O2/c1-24-10-12-25(13-11-24)18(27)14-26(28)20(16-6-8-23-9-7-16)19(22)15-2-4-17(21)5-3-15/h2-9,28H,10-14,22H2,1H3/b20-19-. The molecule has 1 aromatic heterocycles. The van der Waals surface area contributed by atoms with Crippen LogP contribution in [0.15, 0.2) is 48.8 Å². The van der Waals surface area contributed by atoms with Crippen molar-refractivity contribution < 1.29 is 10.0 Å². The highest BCUT2D eigenvalue weighted by atomic mass is 35.5. The summed E-state index contributed by atoms with van der Waals surface area (Å²) in [6.07, 6.45) is 3.22. The van der Waals surface area contributed by atoms with E-state index in [4.69, 9.17) is 17.3 Å². The summed E-state index contributed by atoms with van der Waals surface area (Å²) in [5.74, 6) is -0.147. The number of hydrogen-bond donors (Lipinski definition) is 2. The van der Waals surface area contributed by atoms with Crippen LogP contribution in [0.2, 0.25) is 5.02 Å². The van der Waals surface area contributed by atoms with Crippen LogP contribution in [0.25, 0.3) is 11.4 Å². The van der Waals surface area contributed by atoms with Gasteiger partial charge in [0, 0.05) is 49.2 Å². The maximum atomic E-state index is 12.7. The lowest BCUT2D eigenvalue weighted by atomic mass is 10.1. The van der Waals surface area contributed by atoms with Crippen molar-refractivity contribution in [3.63, 3.8) is 0 Å². The van der Waals surface area contributed by atoms with Crippen molar-refractivity contribution in [2.45, 2.75) is 0 Å². The number of benzene rings is 1. The van der Waals surface area contributed by atoms with Gasteiger partial charge in [0.25, 0.3) is 0 Å². The van der Waals surface area contributed by atoms with Crippen LogP contribution < -0.4 is 5.73 Å². The minimum absolute atomic E-state index is 0.147. The minimum Gasteiger partial charge on any atom is -0.396 e. The van der Waals surface area contributed by atoms with E-state index in [9.17, 15) is 10.0 Å². The van der Waals surface area contributed by atoms with Crippen molar-refractivity contribution in [1.82, 2.24) is 19.8 Å². The Labute approximate surface area is 169 Å². The Balaban J connectivity index is 1.87. The molecule has 3 rings (SSSR count). The summed E-state index contributed by atoms with van der Waals surface area (Å²) in [4.78, 5) is 20.6. The van der Waals surface area contributed by atoms with E-state index in [-0.39, 0.29) is 12.5 Å². The van der Waals surface area contributed by atoms with Crippen molar-refractivity contribution in [3.05, 3.63) is 64.9 Å². The topological polar surface area (TPSA) is 85.9 Å². The van der Waals surface area contributed by atoms with Gasteiger partial charge in [0.1, 0.15) is 6.54 Å². The molecule has 0 aliphatic carbocycles. The molecule has 0 unspecified atom stereocenters. The monoisotopic (exact) mass is 401 g/mol. The molecule has 2 heterocycles. The molecule has 0 saturated carbocycles.